The first-order chi connectivity index (χ1) is 13.8. The molecule has 0 radical (unpaired) electrons. The molecule has 0 heterocycles. The lowest BCUT2D eigenvalue weighted by Gasteiger charge is -2.57. The highest BCUT2D eigenvalue weighted by Gasteiger charge is 2.59. The molecule has 0 bridgehead atoms. The first kappa shape index (κ1) is 22.8. The van der Waals surface area contributed by atoms with Crippen molar-refractivity contribution in [3.63, 3.8) is 0 Å². The number of rotatable bonds is 7. The average molecular weight is 404 g/mol. The van der Waals surface area contributed by atoms with Crippen molar-refractivity contribution in [3.8, 4) is 0 Å². The summed E-state index contributed by atoms with van der Waals surface area (Å²) in [4.78, 5) is 0. The summed E-state index contributed by atoms with van der Waals surface area (Å²) in [5.74, 6) is 3.86. The van der Waals surface area contributed by atoms with Gasteiger partial charge in [-0.25, -0.2) is 0 Å². The average Bonchev–Trinajstić information content (AvgIpc) is 3.03. The zero-order valence-electron chi connectivity index (χ0n) is 19.6. The second kappa shape index (κ2) is 9.12. The van der Waals surface area contributed by atoms with Crippen molar-refractivity contribution < 1.29 is 10.3 Å². The number of aliphatic hydroxyl groups excluding tert-OH is 1. The highest BCUT2D eigenvalue weighted by atomic mass is 16.4. The minimum Gasteiger partial charge on any atom is -0.411 e. The number of aliphatic hydroxyl groups is 1. The Labute approximate surface area is 179 Å². The molecule has 3 heteroatoms. The monoisotopic (exact) mass is 403 g/mol. The molecule has 166 valence electrons. The largest absolute Gasteiger partial charge is 0.411 e. The molecule has 0 aromatic rings. The molecule has 2 N–H and O–H groups in total. The molecule has 0 amide bonds. The number of nitrogens with zero attached hydrogens (tertiary/aromatic N) is 1. The number of oxime groups is 1. The van der Waals surface area contributed by atoms with Gasteiger partial charge in [0.15, 0.2) is 0 Å². The molecule has 3 rings (SSSR count). The number of hydrogen-bond acceptors (Lipinski definition) is 3. The van der Waals surface area contributed by atoms with Gasteiger partial charge in [0.1, 0.15) is 0 Å². The van der Waals surface area contributed by atoms with Crippen LogP contribution >= 0.6 is 0 Å². The van der Waals surface area contributed by atoms with E-state index in [1.165, 1.54) is 50.5 Å². The van der Waals surface area contributed by atoms with Crippen LogP contribution in [0.15, 0.2) is 16.8 Å². The van der Waals surface area contributed by atoms with Crippen molar-refractivity contribution in [2.24, 2.45) is 45.6 Å². The van der Waals surface area contributed by atoms with Gasteiger partial charge in [-0.3, -0.25) is 0 Å². The van der Waals surface area contributed by atoms with Crippen LogP contribution in [0.1, 0.15) is 98.8 Å². The van der Waals surface area contributed by atoms with Crippen LogP contribution in [0.5, 0.6) is 0 Å². The summed E-state index contributed by atoms with van der Waals surface area (Å²) in [6.07, 6.45) is 14.2. The molecule has 3 saturated carbocycles. The predicted molar refractivity (Wildman–Crippen MR) is 121 cm³/mol. The summed E-state index contributed by atoms with van der Waals surface area (Å²) in [6.45, 7) is 12.1. The van der Waals surface area contributed by atoms with E-state index in [0.717, 1.165) is 48.6 Å². The molecule has 3 aliphatic rings. The molecular weight excluding hydrogens is 358 g/mol. The number of fused-ring (bicyclic) bond motifs is 3. The van der Waals surface area contributed by atoms with Gasteiger partial charge in [0.25, 0.3) is 0 Å². The molecular formula is C26H45NO2. The van der Waals surface area contributed by atoms with E-state index in [2.05, 4.69) is 45.9 Å². The third-order valence-electron chi connectivity index (χ3n) is 9.54. The Bertz CT molecular complexity index is 622. The van der Waals surface area contributed by atoms with Gasteiger partial charge in [0.2, 0.25) is 0 Å². The zero-order valence-corrected chi connectivity index (χ0v) is 19.6. The Hall–Kier alpha value is -0.830. The maximum Gasteiger partial charge on any atom is 0.0632 e. The fraction of sp³-hybridized carbons (Fsp3) is 0.885. The van der Waals surface area contributed by atoms with Gasteiger partial charge in [0.05, 0.1) is 5.71 Å². The molecule has 7 atom stereocenters. The molecule has 3 nitrogen and oxygen atoms in total. The van der Waals surface area contributed by atoms with Crippen molar-refractivity contribution >= 4 is 5.71 Å². The third-order valence-corrected chi connectivity index (χ3v) is 9.54. The molecule has 0 aliphatic heterocycles. The normalized spacial score (nSPS) is 41.7. The highest BCUT2D eigenvalue weighted by molar-refractivity contribution is 5.90. The summed E-state index contributed by atoms with van der Waals surface area (Å²) in [5, 5.41) is 22.9. The smallest absolute Gasteiger partial charge is 0.0632 e. The Morgan fingerprint density at radius 2 is 1.93 bits per heavy atom. The van der Waals surface area contributed by atoms with Crippen LogP contribution in [-0.4, -0.2) is 22.6 Å². The van der Waals surface area contributed by atoms with E-state index in [1.807, 2.05) is 0 Å². The molecule has 0 aromatic carbocycles. The SMILES string of the molecule is CC(C)=CCC[C@@H](C)[C@H]1CC[C@H]2[C@@H]3CCC(=NO)[C@](C)(CCCO)[C@H]3CC[C@]12C. The fourth-order valence-electron chi connectivity index (χ4n) is 8.04. The zero-order chi connectivity index (χ0) is 21.2. The van der Waals surface area contributed by atoms with Crippen LogP contribution in [0.3, 0.4) is 0 Å². The van der Waals surface area contributed by atoms with Gasteiger partial charge in [-0.1, -0.05) is 37.6 Å². The summed E-state index contributed by atoms with van der Waals surface area (Å²) in [6, 6.07) is 0. The van der Waals surface area contributed by atoms with Gasteiger partial charge in [-0.15, -0.1) is 0 Å². The van der Waals surface area contributed by atoms with E-state index in [1.54, 1.807) is 0 Å². The van der Waals surface area contributed by atoms with E-state index in [4.69, 9.17) is 0 Å². The number of hydrogen-bond donors (Lipinski definition) is 2. The molecule has 0 spiro atoms. The van der Waals surface area contributed by atoms with E-state index in [-0.39, 0.29) is 12.0 Å². The topological polar surface area (TPSA) is 52.8 Å². The molecule has 0 unspecified atom stereocenters. The minimum absolute atomic E-state index is 0.0329. The van der Waals surface area contributed by atoms with Crippen molar-refractivity contribution in [1.82, 2.24) is 0 Å². The Morgan fingerprint density at radius 3 is 2.59 bits per heavy atom. The first-order valence-electron chi connectivity index (χ1n) is 12.2. The van der Waals surface area contributed by atoms with Crippen LogP contribution in [0.4, 0.5) is 0 Å². The lowest BCUT2D eigenvalue weighted by Crippen LogP contribution is -2.52. The van der Waals surface area contributed by atoms with Crippen LogP contribution in [-0.2, 0) is 0 Å². The third kappa shape index (κ3) is 4.18. The van der Waals surface area contributed by atoms with Gasteiger partial charge in [-0.2, -0.15) is 0 Å². The standard InChI is InChI=1S/C26H45NO2/c1-18(2)8-6-9-19(3)21-11-12-22-20-10-13-24(27-29)26(5,15-7-17-28)23(20)14-16-25(21,22)4/h8,19-23,28-29H,6-7,9-17H2,1-5H3/t19-,20+,21-,22+,23+,25-,26-/m1/s1. The first-order valence-corrected chi connectivity index (χ1v) is 12.2. The van der Waals surface area contributed by atoms with E-state index < -0.39 is 0 Å². The van der Waals surface area contributed by atoms with Crippen LogP contribution in [0.2, 0.25) is 0 Å². The predicted octanol–water partition coefficient (Wildman–Crippen LogP) is 6.83. The minimum atomic E-state index is -0.0329. The van der Waals surface area contributed by atoms with Gasteiger partial charge < -0.3 is 10.3 Å². The lowest BCUT2D eigenvalue weighted by atomic mass is 9.47. The Morgan fingerprint density at radius 1 is 1.17 bits per heavy atom. The van der Waals surface area contributed by atoms with Gasteiger partial charge in [-0.05, 0) is 113 Å². The summed E-state index contributed by atoms with van der Waals surface area (Å²) in [7, 11) is 0. The highest BCUT2D eigenvalue weighted by Crippen LogP contribution is 2.66. The summed E-state index contributed by atoms with van der Waals surface area (Å²) < 4.78 is 0. The van der Waals surface area contributed by atoms with Crippen molar-refractivity contribution in [2.75, 3.05) is 6.61 Å². The molecule has 0 aromatic heterocycles. The van der Waals surface area contributed by atoms with Crippen LogP contribution < -0.4 is 0 Å². The van der Waals surface area contributed by atoms with Crippen LogP contribution in [0.25, 0.3) is 0 Å². The van der Waals surface area contributed by atoms with Gasteiger partial charge in [0, 0.05) is 12.0 Å². The van der Waals surface area contributed by atoms with Crippen molar-refractivity contribution in [3.05, 3.63) is 11.6 Å². The van der Waals surface area contributed by atoms with Crippen LogP contribution in [0, 0.1) is 40.4 Å². The molecule has 3 fully saturated rings. The molecule has 0 saturated heterocycles. The van der Waals surface area contributed by atoms with E-state index in [0.29, 0.717) is 11.3 Å². The maximum atomic E-state index is 9.71. The second-order valence-corrected chi connectivity index (χ2v) is 11.3. The number of allylic oxidation sites excluding steroid dienone is 2. The van der Waals surface area contributed by atoms with Gasteiger partial charge >= 0.3 is 0 Å². The van der Waals surface area contributed by atoms with E-state index in [9.17, 15) is 10.3 Å². The Kier molecular flexibility index (Phi) is 7.18. The van der Waals surface area contributed by atoms with E-state index >= 15 is 0 Å². The summed E-state index contributed by atoms with van der Waals surface area (Å²) in [5.41, 5.74) is 2.89. The van der Waals surface area contributed by atoms with Crippen molar-refractivity contribution in [2.45, 2.75) is 98.8 Å². The molecule has 29 heavy (non-hydrogen) atoms. The summed E-state index contributed by atoms with van der Waals surface area (Å²) >= 11 is 0. The maximum absolute atomic E-state index is 9.71. The second-order valence-electron chi connectivity index (χ2n) is 11.3. The van der Waals surface area contributed by atoms with Crippen molar-refractivity contribution in [1.29, 1.82) is 0 Å². The molecule has 3 aliphatic carbocycles. The Balaban J connectivity index is 1.77. The lowest BCUT2D eigenvalue weighted by molar-refractivity contribution is -0.0456. The quantitative estimate of drug-likeness (QED) is 0.278. The fourth-order valence-corrected chi connectivity index (χ4v) is 8.04.